The van der Waals surface area contributed by atoms with Gasteiger partial charge in [0.1, 0.15) is 0 Å². The standard InChI is InChI=1S/2C4H12N.CH2O3/c2*1-5(2,3)4;2-1(3)4/h2*1-4H3;(H2,2,3,4)/q2*+1;/p-2. The van der Waals surface area contributed by atoms with Crippen LogP contribution in [-0.2, 0) is 0 Å². The summed E-state index contributed by atoms with van der Waals surface area (Å²) in [4.78, 5) is 8.33. The molecule has 0 N–H and O–H groups in total. The van der Waals surface area contributed by atoms with E-state index in [0.29, 0.717) is 0 Å². The normalized spacial score (nSPS) is 10.3. The second-order valence-corrected chi connectivity index (χ2v) is 5.62. The third kappa shape index (κ3) is 1770. The largest absolute Gasteiger partial charge is 0.652 e. The van der Waals surface area contributed by atoms with Crippen LogP contribution >= 0.6 is 0 Å². The van der Waals surface area contributed by atoms with Crippen molar-refractivity contribution in [1.29, 1.82) is 0 Å². The number of carbonyl (C=O) groups is 1. The number of quaternary nitrogens is 2. The van der Waals surface area contributed by atoms with Gasteiger partial charge < -0.3 is 24.0 Å². The highest BCUT2D eigenvalue weighted by Gasteiger charge is 1.88. The van der Waals surface area contributed by atoms with Gasteiger partial charge in [0.2, 0.25) is 0 Å². The predicted molar refractivity (Wildman–Crippen MR) is 53.3 cm³/mol. The van der Waals surface area contributed by atoms with Gasteiger partial charge in [-0.2, -0.15) is 0 Å². The molecule has 0 unspecified atom stereocenters. The molecule has 5 nitrogen and oxygen atoms in total. The fraction of sp³-hybridized carbons (Fsp3) is 0.889. The molecular formula is C9H24N2O3. The Bertz CT molecular complexity index is 117. The van der Waals surface area contributed by atoms with E-state index in [9.17, 15) is 0 Å². The van der Waals surface area contributed by atoms with Crippen LogP contribution in [0.15, 0.2) is 0 Å². The molecule has 0 rings (SSSR count). The zero-order chi connectivity index (χ0) is 12.6. The van der Waals surface area contributed by atoms with E-state index >= 15 is 0 Å². The summed E-state index contributed by atoms with van der Waals surface area (Å²) in [6.45, 7) is 0. The first-order valence-corrected chi connectivity index (χ1v) is 4.19. The van der Waals surface area contributed by atoms with Crippen LogP contribution in [0.25, 0.3) is 0 Å². The molecule has 0 spiro atoms. The molecule has 0 aromatic rings. The van der Waals surface area contributed by atoms with E-state index in [-0.39, 0.29) is 0 Å². The van der Waals surface area contributed by atoms with Gasteiger partial charge in [-0.15, -0.1) is 0 Å². The maximum atomic E-state index is 8.33. The molecule has 0 saturated carbocycles. The van der Waals surface area contributed by atoms with Gasteiger partial charge in [-0.1, -0.05) is 0 Å². The zero-order valence-electron chi connectivity index (χ0n) is 10.6. The van der Waals surface area contributed by atoms with E-state index in [1.165, 1.54) is 0 Å². The van der Waals surface area contributed by atoms with Crippen molar-refractivity contribution in [2.24, 2.45) is 0 Å². The number of hydrogen-bond donors (Lipinski definition) is 0. The van der Waals surface area contributed by atoms with E-state index in [0.717, 1.165) is 8.97 Å². The Morgan fingerprint density at radius 2 is 0.714 bits per heavy atom. The van der Waals surface area contributed by atoms with E-state index in [2.05, 4.69) is 56.4 Å². The molecule has 0 radical (unpaired) electrons. The maximum absolute atomic E-state index is 8.33. The average Bonchev–Trinajstić information content (AvgIpc) is 1.45. The van der Waals surface area contributed by atoms with Gasteiger partial charge >= 0.3 is 0 Å². The quantitative estimate of drug-likeness (QED) is 0.441. The summed E-state index contributed by atoms with van der Waals surface area (Å²) in [5.41, 5.74) is 0. The molecule has 0 atom stereocenters. The lowest BCUT2D eigenvalue weighted by atomic mass is 10.8. The van der Waals surface area contributed by atoms with Gasteiger partial charge in [0.25, 0.3) is 0 Å². The van der Waals surface area contributed by atoms with Crippen LogP contribution in [-0.4, -0.2) is 71.5 Å². The topological polar surface area (TPSA) is 63.2 Å². The van der Waals surface area contributed by atoms with Gasteiger partial charge in [0, 0.05) is 0 Å². The summed E-state index contributed by atoms with van der Waals surface area (Å²) < 4.78 is 2.00. The van der Waals surface area contributed by atoms with Gasteiger partial charge in [-0.25, -0.2) is 0 Å². The number of rotatable bonds is 0. The first kappa shape index (κ1) is 18.9. The summed E-state index contributed by atoms with van der Waals surface area (Å²) in [5.74, 6) is 0. The van der Waals surface area contributed by atoms with Gasteiger partial charge in [0.15, 0.2) is 0 Å². The highest BCUT2D eigenvalue weighted by atomic mass is 16.6. The second kappa shape index (κ2) is 7.58. The van der Waals surface area contributed by atoms with E-state index in [1.807, 2.05) is 0 Å². The van der Waals surface area contributed by atoms with Crippen LogP contribution in [0.3, 0.4) is 0 Å². The SMILES string of the molecule is C[N+](C)(C)C.C[N+](C)(C)C.O=C([O-])[O-]. The van der Waals surface area contributed by atoms with Crippen molar-refractivity contribution in [2.75, 3.05) is 56.4 Å². The van der Waals surface area contributed by atoms with Crippen LogP contribution in [0.1, 0.15) is 0 Å². The van der Waals surface area contributed by atoms with Crippen molar-refractivity contribution in [3.8, 4) is 0 Å². The molecule has 0 aromatic heterocycles. The minimum Gasteiger partial charge on any atom is -0.652 e. The minimum atomic E-state index is -2.33. The van der Waals surface area contributed by atoms with E-state index in [4.69, 9.17) is 15.0 Å². The number of carbonyl (C=O) groups excluding carboxylic acids is 1. The third-order valence-electron chi connectivity index (χ3n) is 0. The number of carboxylic acid groups (broad SMARTS) is 2. The average molecular weight is 208 g/mol. The van der Waals surface area contributed by atoms with Crippen LogP contribution in [0.4, 0.5) is 4.79 Å². The fourth-order valence-electron chi connectivity index (χ4n) is 0. The minimum absolute atomic E-state index is 1.00. The highest BCUT2D eigenvalue weighted by molar-refractivity contribution is 5.47. The van der Waals surface area contributed by atoms with Crippen LogP contribution in [0.2, 0.25) is 0 Å². The van der Waals surface area contributed by atoms with Crippen molar-refractivity contribution in [3.63, 3.8) is 0 Å². The molecule has 0 fully saturated rings. The van der Waals surface area contributed by atoms with Crippen LogP contribution in [0, 0.1) is 0 Å². The van der Waals surface area contributed by atoms with Crippen molar-refractivity contribution >= 4 is 6.16 Å². The lowest BCUT2D eigenvalue weighted by molar-refractivity contribution is -0.849. The van der Waals surface area contributed by atoms with E-state index in [1.54, 1.807) is 0 Å². The Kier molecular flexibility index (Phi) is 10.2. The summed E-state index contributed by atoms with van der Waals surface area (Å²) in [6, 6.07) is 0. The Balaban J connectivity index is -0.000000131. The van der Waals surface area contributed by atoms with Gasteiger partial charge in [-0.05, 0) is 6.16 Å². The smallest absolute Gasteiger partial charge is 0.0675 e. The summed E-state index contributed by atoms with van der Waals surface area (Å²) >= 11 is 0. The monoisotopic (exact) mass is 208 g/mol. The molecule has 88 valence electrons. The summed E-state index contributed by atoms with van der Waals surface area (Å²) in [5, 5.41) is 16.7. The Morgan fingerprint density at radius 1 is 0.714 bits per heavy atom. The number of nitrogens with zero attached hydrogens (tertiary/aromatic N) is 2. The molecule has 0 bridgehead atoms. The first-order chi connectivity index (χ1) is 5.73. The van der Waals surface area contributed by atoms with Crippen molar-refractivity contribution in [1.82, 2.24) is 0 Å². The summed E-state index contributed by atoms with van der Waals surface area (Å²) in [7, 11) is 17.0. The maximum Gasteiger partial charge on any atom is 0.0675 e. The predicted octanol–water partition coefficient (Wildman–Crippen LogP) is -1.80. The lowest BCUT2D eigenvalue weighted by Gasteiger charge is -2.14. The first-order valence-electron chi connectivity index (χ1n) is 4.19. The van der Waals surface area contributed by atoms with Crippen molar-refractivity contribution in [3.05, 3.63) is 0 Å². The molecular weight excluding hydrogens is 184 g/mol. The molecule has 0 saturated heterocycles. The Morgan fingerprint density at radius 3 is 0.714 bits per heavy atom. The third-order valence-corrected chi connectivity index (χ3v) is 0. The number of hydrogen-bond acceptors (Lipinski definition) is 3. The van der Waals surface area contributed by atoms with Gasteiger partial charge in [-0.3, -0.25) is 0 Å². The molecule has 0 aliphatic carbocycles. The second-order valence-electron chi connectivity index (χ2n) is 5.62. The molecule has 14 heavy (non-hydrogen) atoms. The lowest BCUT2D eigenvalue weighted by Crippen LogP contribution is -2.37. The fourth-order valence-corrected chi connectivity index (χ4v) is 0. The molecule has 0 aliphatic heterocycles. The van der Waals surface area contributed by atoms with Crippen molar-refractivity contribution in [2.45, 2.75) is 0 Å². The van der Waals surface area contributed by atoms with Gasteiger partial charge in [0.05, 0.1) is 56.4 Å². The molecule has 0 aliphatic rings. The van der Waals surface area contributed by atoms with E-state index < -0.39 is 6.16 Å². The summed E-state index contributed by atoms with van der Waals surface area (Å²) in [6.07, 6.45) is -2.33. The highest BCUT2D eigenvalue weighted by Crippen LogP contribution is 1.74. The van der Waals surface area contributed by atoms with Crippen molar-refractivity contribution < 1.29 is 24.0 Å². The molecule has 0 amide bonds. The zero-order valence-corrected chi connectivity index (χ0v) is 10.6. The molecule has 0 heterocycles. The molecule has 0 aromatic carbocycles. The molecule has 5 heteroatoms. The Hall–Kier alpha value is -0.810. The van der Waals surface area contributed by atoms with Crippen LogP contribution in [0.5, 0.6) is 0 Å². The van der Waals surface area contributed by atoms with Crippen LogP contribution < -0.4 is 10.2 Å². The Labute approximate surface area is 87.4 Å².